The van der Waals surface area contributed by atoms with Crippen molar-refractivity contribution in [1.82, 2.24) is 24.7 Å². The second-order valence-electron chi connectivity index (χ2n) is 4.15. The third-order valence-corrected chi connectivity index (χ3v) is 3.63. The lowest BCUT2D eigenvalue weighted by Crippen LogP contribution is -2.17. The van der Waals surface area contributed by atoms with E-state index in [2.05, 4.69) is 20.2 Å². The summed E-state index contributed by atoms with van der Waals surface area (Å²) in [5.41, 5.74) is 1.85. The van der Waals surface area contributed by atoms with Crippen LogP contribution in [0.1, 0.15) is 0 Å². The Morgan fingerprint density at radius 3 is 2.50 bits per heavy atom. The van der Waals surface area contributed by atoms with Crippen molar-refractivity contribution in [2.45, 2.75) is 5.16 Å². The van der Waals surface area contributed by atoms with Gasteiger partial charge in [0.05, 0.1) is 17.2 Å². The lowest BCUT2D eigenvalue weighted by molar-refractivity contribution is 0.580. The highest BCUT2D eigenvalue weighted by molar-refractivity contribution is 7.89. The zero-order valence-corrected chi connectivity index (χ0v) is 11.2. The van der Waals surface area contributed by atoms with Crippen LogP contribution in [-0.4, -0.2) is 33.2 Å². The Kier molecular flexibility index (Phi) is 2.73. The average Bonchev–Trinajstić information content (AvgIpc) is 2.80. The van der Waals surface area contributed by atoms with E-state index in [1.807, 2.05) is 24.3 Å². The summed E-state index contributed by atoms with van der Waals surface area (Å²) >= 11 is 0. The topological polar surface area (TPSA) is 117 Å². The number of para-hydroxylation sites is 2. The molecule has 3 rings (SSSR count). The number of aromatic nitrogens is 5. The lowest BCUT2D eigenvalue weighted by atomic mass is 10.3. The Balaban J connectivity index is 2.19. The molecule has 8 nitrogen and oxygen atoms in total. The summed E-state index contributed by atoms with van der Waals surface area (Å²) in [5, 5.41) is 12.1. The second-order valence-corrected chi connectivity index (χ2v) is 5.61. The molecule has 0 fully saturated rings. The summed E-state index contributed by atoms with van der Waals surface area (Å²) in [6.45, 7) is 0. The number of rotatable bonds is 2. The van der Waals surface area contributed by atoms with E-state index in [4.69, 9.17) is 5.14 Å². The number of hydrogen-bond donors (Lipinski definition) is 1. The number of hydrogen-bond acceptors (Lipinski definition) is 6. The molecule has 0 spiro atoms. The first-order valence-electron chi connectivity index (χ1n) is 5.61. The third kappa shape index (κ3) is 2.02. The molecule has 0 bridgehead atoms. The SMILES string of the molecule is Cn1c(-c2cnc3ccccc3n2)nnc1S(N)(=O)=O. The van der Waals surface area contributed by atoms with E-state index < -0.39 is 10.0 Å². The van der Waals surface area contributed by atoms with Gasteiger partial charge in [0.1, 0.15) is 5.69 Å². The molecular weight excluding hydrogens is 280 g/mol. The molecule has 2 N–H and O–H groups in total. The maximum atomic E-state index is 11.3. The molecule has 0 saturated carbocycles. The van der Waals surface area contributed by atoms with Gasteiger partial charge in [0.25, 0.3) is 15.2 Å². The van der Waals surface area contributed by atoms with Gasteiger partial charge in [-0.1, -0.05) is 12.1 Å². The minimum Gasteiger partial charge on any atom is -0.299 e. The van der Waals surface area contributed by atoms with E-state index in [0.29, 0.717) is 11.2 Å². The Morgan fingerprint density at radius 1 is 1.15 bits per heavy atom. The number of nitrogens with zero attached hydrogens (tertiary/aromatic N) is 5. The summed E-state index contributed by atoms with van der Waals surface area (Å²) in [7, 11) is -2.42. The molecule has 102 valence electrons. The molecule has 0 aliphatic carbocycles. The third-order valence-electron chi connectivity index (χ3n) is 2.77. The van der Waals surface area contributed by atoms with E-state index in [1.165, 1.54) is 17.8 Å². The highest BCUT2D eigenvalue weighted by Gasteiger charge is 2.20. The van der Waals surface area contributed by atoms with Gasteiger partial charge in [-0.25, -0.2) is 18.5 Å². The van der Waals surface area contributed by atoms with Crippen LogP contribution in [0, 0.1) is 0 Å². The first-order valence-corrected chi connectivity index (χ1v) is 7.16. The lowest BCUT2D eigenvalue weighted by Gasteiger charge is -2.03. The molecule has 3 aromatic rings. The number of primary sulfonamides is 1. The van der Waals surface area contributed by atoms with Crippen LogP contribution in [0.5, 0.6) is 0 Å². The standard InChI is InChI=1S/C11H10N6O2S/c1-17-10(15-16-11(17)20(12,18)19)9-6-13-7-4-2-3-5-8(7)14-9/h2-6H,1H3,(H2,12,18,19). The predicted octanol–water partition coefficient (Wildman–Crippen LogP) is 0.0727. The first-order chi connectivity index (χ1) is 9.47. The Labute approximate surface area is 114 Å². The molecule has 0 atom stereocenters. The van der Waals surface area contributed by atoms with E-state index >= 15 is 0 Å². The molecule has 0 amide bonds. The Bertz CT molecular complexity index is 902. The van der Waals surface area contributed by atoms with Crippen LogP contribution < -0.4 is 5.14 Å². The molecule has 0 unspecified atom stereocenters. The molecule has 1 aromatic carbocycles. The van der Waals surface area contributed by atoms with E-state index in [9.17, 15) is 8.42 Å². The van der Waals surface area contributed by atoms with Crippen LogP contribution in [0.3, 0.4) is 0 Å². The van der Waals surface area contributed by atoms with Crippen LogP contribution in [-0.2, 0) is 17.1 Å². The fraction of sp³-hybridized carbons (Fsp3) is 0.0909. The molecule has 0 saturated heterocycles. The quantitative estimate of drug-likeness (QED) is 0.714. The number of benzene rings is 1. The van der Waals surface area contributed by atoms with Crippen molar-refractivity contribution in [3.05, 3.63) is 30.5 Å². The van der Waals surface area contributed by atoms with Crippen molar-refractivity contribution in [3.63, 3.8) is 0 Å². The predicted molar refractivity (Wildman–Crippen MR) is 70.9 cm³/mol. The highest BCUT2D eigenvalue weighted by Crippen LogP contribution is 2.18. The zero-order valence-electron chi connectivity index (χ0n) is 10.4. The molecule has 0 aliphatic rings. The second kappa shape index (κ2) is 4.32. The van der Waals surface area contributed by atoms with E-state index in [0.717, 1.165) is 5.52 Å². The van der Waals surface area contributed by atoms with E-state index in [1.54, 1.807) is 0 Å². The maximum absolute atomic E-state index is 11.3. The van der Waals surface area contributed by atoms with Crippen LogP contribution in [0.25, 0.3) is 22.6 Å². The fourth-order valence-electron chi connectivity index (χ4n) is 1.85. The van der Waals surface area contributed by atoms with Crippen molar-refractivity contribution in [2.75, 3.05) is 0 Å². The molecule has 2 heterocycles. The number of nitrogens with two attached hydrogens (primary N) is 1. The van der Waals surface area contributed by atoms with Crippen LogP contribution in [0.15, 0.2) is 35.6 Å². The van der Waals surface area contributed by atoms with Crippen LogP contribution in [0.4, 0.5) is 0 Å². The van der Waals surface area contributed by atoms with Crippen molar-refractivity contribution in [2.24, 2.45) is 12.2 Å². The van der Waals surface area contributed by atoms with Crippen molar-refractivity contribution in [3.8, 4) is 11.5 Å². The zero-order chi connectivity index (χ0) is 14.3. The monoisotopic (exact) mass is 290 g/mol. The molecular formula is C11H10N6O2S. The van der Waals surface area contributed by atoms with Crippen molar-refractivity contribution < 1.29 is 8.42 Å². The fourth-order valence-corrected chi connectivity index (χ4v) is 2.47. The van der Waals surface area contributed by atoms with Crippen molar-refractivity contribution in [1.29, 1.82) is 0 Å². The largest absolute Gasteiger partial charge is 0.299 e. The number of fused-ring (bicyclic) bond motifs is 1. The van der Waals surface area contributed by atoms with Gasteiger partial charge in [0.2, 0.25) is 0 Å². The van der Waals surface area contributed by atoms with Crippen LogP contribution >= 0.6 is 0 Å². The summed E-state index contributed by atoms with van der Waals surface area (Å²) in [5.74, 6) is 0.285. The molecule has 0 radical (unpaired) electrons. The van der Waals surface area contributed by atoms with Crippen molar-refractivity contribution >= 4 is 21.1 Å². The maximum Gasteiger partial charge on any atom is 0.273 e. The molecule has 20 heavy (non-hydrogen) atoms. The van der Waals surface area contributed by atoms with E-state index in [-0.39, 0.29) is 11.0 Å². The summed E-state index contributed by atoms with van der Waals surface area (Å²) in [6.07, 6.45) is 1.51. The molecule has 9 heteroatoms. The van der Waals surface area contributed by atoms with Gasteiger partial charge in [-0.05, 0) is 12.1 Å². The van der Waals surface area contributed by atoms with Gasteiger partial charge in [0.15, 0.2) is 5.82 Å². The van der Waals surface area contributed by atoms with Gasteiger partial charge >= 0.3 is 0 Å². The normalized spacial score (nSPS) is 11.9. The Morgan fingerprint density at radius 2 is 1.85 bits per heavy atom. The smallest absolute Gasteiger partial charge is 0.273 e. The first kappa shape index (κ1) is 12.6. The van der Waals surface area contributed by atoms with Gasteiger partial charge in [-0.15, -0.1) is 10.2 Å². The minimum absolute atomic E-state index is 0.285. The molecule has 2 aromatic heterocycles. The van der Waals surface area contributed by atoms with Gasteiger partial charge < -0.3 is 0 Å². The molecule has 0 aliphatic heterocycles. The highest BCUT2D eigenvalue weighted by atomic mass is 32.2. The van der Waals surface area contributed by atoms with Gasteiger partial charge in [0, 0.05) is 7.05 Å². The summed E-state index contributed by atoms with van der Waals surface area (Å²) in [6, 6.07) is 7.34. The summed E-state index contributed by atoms with van der Waals surface area (Å²) in [4.78, 5) is 8.63. The average molecular weight is 290 g/mol. The minimum atomic E-state index is -3.92. The van der Waals surface area contributed by atoms with Gasteiger partial charge in [-0.3, -0.25) is 9.55 Å². The van der Waals surface area contributed by atoms with Crippen LogP contribution in [0.2, 0.25) is 0 Å². The number of sulfonamides is 1. The van der Waals surface area contributed by atoms with Gasteiger partial charge in [-0.2, -0.15) is 0 Å². The Hall–Kier alpha value is -2.39. The summed E-state index contributed by atoms with van der Waals surface area (Å²) < 4.78 is 23.9.